The van der Waals surface area contributed by atoms with Crippen LogP contribution in [0.25, 0.3) is 0 Å². The van der Waals surface area contributed by atoms with Gasteiger partial charge in [-0.3, -0.25) is 4.90 Å². The number of hydrogen-bond donors (Lipinski definition) is 2. The van der Waals surface area contributed by atoms with Crippen LogP contribution < -0.4 is 15.0 Å². The van der Waals surface area contributed by atoms with Crippen LogP contribution in [0.2, 0.25) is 10.0 Å². The van der Waals surface area contributed by atoms with Crippen LogP contribution in [-0.2, 0) is 0 Å². The summed E-state index contributed by atoms with van der Waals surface area (Å²) in [5, 5.41) is 14.5. The average molecular weight is 462 g/mol. The van der Waals surface area contributed by atoms with Crippen LogP contribution in [0.1, 0.15) is 30.7 Å². The summed E-state index contributed by atoms with van der Waals surface area (Å²) >= 11 is 12.5. The molecule has 31 heavy (non-hydrogen) atoms. The predicted molar refractivity (Wildman–Crippen MR) is 127 cm³/mol. The van der Waals surface area contributed by atoms with Gasteiger partial charge >= 0.3 is 0 Å². The van der Waals surface area contributed by atoms with E-state index >= 15 is 0 Å². The van der Waals surface area contributed by atoms with Gasteiger partial charge in [0, 0.05) is 43.9 Å². The molecule has 2 heterocycles. The molecule has 5 nitrogen and oxygen atoms in total. The molecule has 2 N–H and O–H groups in total. The standard InChI is InChI=1S/C24H29Cl2N3O2/c25-20-4-3-5-22(23(20)26)29-11-9-28(10-12-29)8-1-2-13-31-16-6-7-17-18-15-19(18)24(30)27-21(17)14-16/h3-7,14,18-19,24,27,30H,1-2,8-13,15H2. The summed E-state index contributed by atoms with van der Waals surface area (Å²) in [5.41, 5.74) is 3.38. The van der Waals surface area contributed by atoms with Gasteiger partial charge in [0.25, 0.3) is 0 Å². The van der Waals surface area contributed by atoms with Gasteiger partial charge in [-0.25, -0.2) is 0 Å². The molecule has 3 unspecified atom stereocenters. The van der Waals surface area contributed by atoms with E-state index in [4.69, 9.17) is 27.9 Å². The number of rotatable bonds is 7. The second kappa shape index (κ2) is 9.07. The molecule has 3 atom stereocenters. The highest BCUT2D eigenvalue weighted by atomic mass is 35.5. The first-order valence-electron chi connectivity index (χ1n) is 11.2. The van der Waals surface area contributed by atoms with Gasteiger partial charge in [-0.1, -0.05) is 35.3 Å². The highest BCUT2D eigenvalue weighted by molar-refractivity contribution is 6.43. The van der Waals surface area contributed by atoms with Crippen molar-refractivity contribution in [1.29, 1.82) is 0 Å². The molecule has 0 aromatic heterocycles. The van der Waals surface area contributed by atoms with E-state index in [1.54, 1.807) is 0 Å². The van der Waals surface area contributed by atoms with E-state index in [1.807, 2.05) is 24.3 Å². The molecular weight excluding hydrogens is 433 g/mol. The summed E-state index contributed by atoms with van der Waals surface area (Å²) in [4.78, 5) is 4.82. The van der Waals surface area contributed by atoms with Crippen LogP contribution in [0.5, 0.6) is 5.75 Å². The van der Waals surface area contributed by atoms with Crippen LogP contribution >= 0.6 is 23.2 Å². The number of aliphatic hydroxyl groups is 1. The van der Waals surface area contributed by atoms with Gasteiger partial charge in [0.15, 0.2) is 0 Å². The highest BCUT2D eigenvalue weighted by Gasteiger charge is 2.47. The number of piperazine rings is 1. The Bertz CT molecular complexity index is 933. The summed E-state index contributed by atoms with van der Waals surface area (Å²) in [5.74, 6) is 1.80. The Morgan fingerprint density at radius 2 is 1.90 bits per heavy atom. The molecule has 2 aliphatic heterocycles. The summed E-state index contributed by atoms with van der Waals surface area (Å²) in [6, 6.07) is 12.1. The van der Waals surface area contributed by atoms with Gasteiger partial charge in [-0.2, -0.15) is 0 Å². The smallest absolute Gasteiger partial charge is 0.127 e. The third-order valence-corrected chi connectivity index (χ3v) is 7.56. The summed E-state index contributed by atoms with van der Waals surface area (Å²) in [6.45, 7) is 5.79. The zero-order chi connectivity index (χ0) is 21.4. The molecule has 0 bridgehead atoms. The van der Waals surface area contributed by atoms with Crippen molar-refractivity contribution in [2.75, 3.05) is 49.5 Å². The number of nitrogens with zero attached hydrogens (tertiary/aromatic N) is 2. The number of ether oxygens (including phenoxy) is 1. The van der Waals surface area contributed by atoms with Crippen molar-refractivity contribution in [3.63, 3.8) is 0 Å². The lowest BCUT2D eigenvalue weighted by Gasteiger charge is -2.36. The van der Waals surface area contributed by atoms with Crippen LogP contribution in [0.3, 0.4) is 0 Å². The van der Waals surface area contributed by atoms with Gasteiger partial charge in [-0.15, -0.1) is 0 Å². The van der Waals surface area contributed by atoms with Crippen molar-refractivity contribution in [2.24, 2.45) is 5.92 Å². The average Bonchev–Trinajstić information content (AvgIpc) is 3.58. The fourth-order valence-electron chi connectivity index (χ4n) is 4.84. The lowest BCUT2D eigenvalue weighted by atomic mass is 10.0. The minimum atomic E-state index is -0.414. The molecule has 1 saturated carbocycles. The Labute approximate surface area is 193 Å². The number of nitrogens with one attached hydrogen (secondary N) is 1. The molecule has 7 heteroatoms. The molecule has 166 valence electrons. The maximum atomic E-state index is 10.1. The number of halogens is 2. The van der Waals surface area contributed by atoms with E-state index in [1.165, 1.54) is 5.56 Å². The number of fused-ring (bicyclic) bond motifs is 3. The molecule has 2 aromatic rings. The Morgan fingerprint density at radius 1 is 1.06 bits per heavy atom. The molecule has 0 amide bonds. The molecule has 0 spiro atoms. The minimum Gasteiger partial charge on any atom is -0.494 e. The van der Waals surface area contributed by atoms with Gasteiger partial charge in [0.1, 0.15) is 12.0 Å². The van der Waals surface area contributed by atoms with Crippen molar-refractivity contribution in [3.8, 4) is 5.75 Å². The molecule has 5 rings (SSSR count). The van der Waals surface area contributed by atoms with Crippen molar-refractivity contribution < 1.29 is 9.84 Å². The zero-order valence-electron chi connectivity index (χ0n) is 17.6. The maximum absolute atomic E-state index is 10.1. The Hall–Kier alpha value is -1.66. The van der Waals surface area contributed by atoms with Gasteiger partial charge in [-0.05, 0) is 55.5 Å². The van der Waals surface area contributed by atoms with Crippen molar-refractivity contribution >= 4 is 34.6 Å². The molecule has 0 radical (unpaired) electrons. The Balaban J connectivity index is 1.02. The topological polar surface area (TPSA) is 48.0 Å². The van der Waals surface area contributed by atoms with Gasteiger partial charge in [0.05, 0.1) is 22.3 Å². The molecule has 1 aliphatic carbocycles. The second-order valence-corrected chi connectivity index (χ2v) is 9.59. The number of benzene rings is 2. The van der Waals surface area contributed by atoms with Crippen LogP contribution in [0, 0.1) is 5.92 Å². The third kappa shape index (κ3) is 4.61. The minimum absolute atomic E-state index is 0.392. The fraction of sp³-hybridized carbons (Fsp3) is 0.500. The van der Waals surface area contributed by atoms with E-state index in [9.17, 15) is 5.11 Å². The molecule has 2 aromatic carbocycles. The Morgan fingerprint density at radius 3 is 2.74 bits per heavy atom. The van der Waals surface area contributed by atoms with Gasteiger partial charge in [0.2, 0.25) is 0 Å². The number of unbranched alkanes of at least 4 members (excludes halogenated alkanes) is 1. The first-order valence-corrected chi connectivity index (χ1v) is 12.0. The van der Waals surface area contributed by atoms with Crippen molar-refractivity contribution in [2.45, 2.75) is 31.4 Å². The number of aliphatic hydroxyl groups excluding tert-OH is 1. The van der Waals surface area contributed by atoms with Crippen LogP contribution in [0.4, 0.5) is 11.4 Å². The largest absolute Gasteiger partial charge is 0.494 e. The van der Waals surface area contributed by atoms with E-state index in [-0.39, 0.29) is 0 Å². The van der Waals surface area contributed by atoms with E-state index in [0.29, 0.717) is 28.5 Å². The van der Waals surface area contributed by atoms with Crippen LogP contribution in [-0.4, -0.2) is 55.6 Å². The summed E-state index contributed by atoms with van der Waals surface area (Å²) < 4.78 is 5.97. The fourth-order valence-corrected chi connectivity index (χ4v) is 5.25. The van der Waals surface area contributed by atoms with Crippen molar-refractivity contribution in [3.05, 3.63) is 52.0 Å². The first kappa shape index (κ1) is 21.2. The van der Waals surface area contributed by atoms with E-state index < -0.39 is 6.23 Å². The summed E-state index contributed by atoms with van der Waals surface area (Å²) in [6.07, 6.45) is 2.81. The lowest BCUT2D eigenvalue weighted by Crippen LogP contribution is -2.46. The van der Waals surface area contributed by atoms with E-state index in [0.717, 1.165) is 69.1 Å². The number of anilines is 2. The van der Waals surface area contributed by atoms with E-state index in [2.05, 4.69) is 27.2 Å². The first-order chi connectivity index (χ1) is 15.1. The maximum Gasteiger partial charge on any atom is 0.127 e. The quantitative estimate of drug-likeness (QED) is 0.578. The van der Waals surface area contributed by atoms with Gasteiger partial charge < -0.3 is 20.1 Å². The molecule has 2 fully saturated rings. The highest BCUT2D eigenvalue weighted by Crippen LogP contribution is 2.55. The van der Waals surface area contributed by atoms with Crippen molar-refractivity contribution in [1.82, 2.24) is 4.90 Å². The SMILES string of the molecule is OC1Nc2cc(OCCCCN3CCN(c4cccc(Cl)c4Cl)CC3)ccc2C2CC12. The van der Waals surface area contributed by atoms with Crippen LogP contribution in [0.15, 0.2) is 36.4 Å². The third-order valence-electron chi connectivity index (χ3n) is 6.75. The molecule has 3 aliphatic rings. The normalized spacial score (nSPS) is 24.9. The monoisotopic (exact) mass is 461 g/mol. The Kier molecular flexibility index (Phi) is 6.20. The molecule has 1 saturated heterocycles. The zero-order valence-corrected chi connectivity index (χ0v) is 19.1. The predicted octanol–water partition coefficient (Wildman–Crippen LogP) is 4.82. The summed E-state index contributed by atoms with van der Waals surface area (Å²) in [7, 11) is 0. The number of hydrogen-bond acceptors (Lipinski definition) is 5. The second-order valence-electron chi connectivity index (χ2n) is 8.80. The lowest BCUT2D eigenvalue weighted by molar-refractivity contribution is 0.174. The molecular formula is C24H29Cl2N3O2.